The number of anilines is 1. The molecule has 1 atom stereocenters. The van der Waals surface area contributed by atoms with Gasteiger partial charge in [0.15, 0.2) is 0 Å². The zero-order chi connectivity index (χ0) is 21.2. The maximum atomic E-state index is 12.8. The van der Waals surface area contributed by atoms with Crippen LogP contribution >= 0.6 is 0 Å². The third-order valence-electron chi connectivity index (χ3n) is 5.85. The second-order valence-electron chi connectivity index (χ2n) is 7.90. The molecule has 2 saturated heterocycles. The summed E-state index contributed by atoms with van der Waals surface area (Å²) in [5, 5.41) is 1.07. The van der Waals surface area contributed by atoms with E-state index in [1.54, 1.807) is 14.7 Å². The first kappa shape index (κ1) is 19.4. The Bertz CT molecular complexity index is 1100. The van der Waals surface area contributed by atoms with Gasteiger partial charge in [-0.2, -0.15) is 0 Å². The number of fused-ring (bicyclic) bond motifs is 1. The molecular weight excluding hydrogens is 392 g/mol. The highest BCUT2D eigenvalue weighted by Gasteiger charge is 2.34. The predicted octanol–water partition coefficient (Wildman–Crippen LogP) is 3.16. The van der Waals surface area contributed by atoms with Crippen LogP contribution in [0.4, 0.5) is 10.5 Å². The highest BCUT2D eigenvalue weighted by atomic mass is 16.5. The Labute approximate surface area is 180 Å². The van der Waals surface area contributed by atoms with Crippen molar-refractivity contribution in [2.75, 3.05) is 37.6 Å². The quantitative estimate of drug-likeness (QED) is 0.641. The Morgan fingerprint density at radius 1 is 0.968 bits per heavy atom. The number of likely N-dealkylation sites (tertiary alicyclic amines) is 1. The summed E-state index contributed by atoms with van der Waals surface area (Å²) in [5.41, 5.74) is 1.75. The molecule has 3 amide bonds. The minimum absolute atomic E-state index is 0.0409. The van der Waals surface area contributed by atoms with Crippen LogP contribution in [0.25, 0.3) is 10.9 Å². The van der Waals surface area contributed by atoms with Crippen molar-refractivity contribution in [3.05, 3.63) is 66.7 Å². The van der Waals surface area contributed by atoms with Gasteiger partial charge >= 0.3 is 6.03 Å². The number of aromatic nitrogens is 1. The fourth-order valence-corrected chi connectivity index (χ4v) is 4.17. The van der Waals surface area contributed by atoms with Crippen LogP contribution in [0.1, 0.15) is 6.42 Å². The largest absolute Gasteiger partial charge is 0.472 e. The molecule has 3 aromatic rings. The van der Waals surface area contributed by atoms with E-state index in [-0.39, 0.29) is 24.6 Å². The summed E-state index contributed by atoms with van der Waals surface area (Å²) in [6, 6.07) is 21.2. The third-order valence-corrected chi connectivity index (χ3v) is 5.85. The number of amides is 3. The number of carbonyl (C=O) groups is 2. The minimum atomic E-state index is -0.119. The Balaban J connectivity index is 1.16. The summed E-state index contributed by atoms with van der Waals surface area (Å²) in [5.74, 6) is 0.534. The maximum absolute atomic E-state index is 12.8. The van der Waals surface area contributed by atoms with Crippen LogP contribution < -0.4 is 9.64 Å². The lowest BCUT2D eigenvalue weighted by atomic mass is 10.2. The molecule has 2 aliphatic heterocycles. The number of para-hydroxylation sites is 2. The molecule has 0 saturated carbocycles. The standard InChI is InChI=1S/C24H24N4O3/c29-23(17-27-14-15-28(24(27)30)19-7-2-1-3-8-19)26-13-12-20(16-26)31-22-11-10-18-6-4-5-9-21(18)25-22/h1-11,20H,12-17H2/t20-/m1/s1. The molecule has 0 unspecified atom stereocenters. The fraction of sp³-hybridized carbons (Fsp3) is 0.292. The highest BCUT2D eigenvalue weighted by Crippen LogP contribution is 2.22. The summed E-state index contributed by atoms with van der Waals surface area (Å²) in [4.78, 5) is 35.2. The monoisotopic (exact) mass is 416 g/mol. The first-order valence-electron chi connectivity index (χ1n) is 10.6. The third kappa shape index (κ3) is 4.03. The summed E-state index contributed by atoms with van der Waals surface area (Å²) < 4.78 is 6.04. The van der Waals surface area contributed by atoms with E-state index < -0.39 is 0 Å². The van der Waals surface area contributed by atoms with E-state index in [4.69, 9.17) is 4.74 Å². The van der Waals surface area contributed by atoms with E-state index in [2.05, 4.69) is 4.98 Å². The molecule has 158 valence electrons. The zero-order valence-corrected chi connectivity index (χ0v) is 17.2. The Kier molecular flexibility index (Phi) is 5.16. The van der Waals surface area contributed by atoms with Gasteiger partial charge in [-0.25, -0.2) is 9.78 Å². The number of hydrogen-bond acceptors (Lipinski definition) is 4. The van der Waals surface area contributed by atoms with Crippen molar-refractivity contribution < 1.29 is 14.3 Å². The second-order valence-corrected chi connectivity index (χ2v) is 7.90. The lowest BCUT2D eigenvalue weighted by molar-refractivity contribution is -0.130. The molecule has 7 heteroatoms. The normalized spacial score (nSPS) is 18.8. The molecule has 2 fully saturated rings. The molecule has 2 aromatic carbocycles. The highest BCUT2D eigenvalue weighted by molar-refractivity contribution is 5.96. The van der Waals surface area contributed by atoms with Crippen LogP contribution in [0.15, 0.2) is 66.7 Å². The minimum Gasteiger partial charge on any atom is -0.472 e. The fourth-order valence-electron chi connectivity index (χ4n) is 4.17. The van der Waals surface area contributed by atoms with Gasteiger partial charge in [0.05, 0.1) is 12.1 Å². The van der Waals surface area contributed by atoms with Crippen molar-refractivity contribution in [1.29, 1.82) is 0 Å². The van der Waals surface area contributed by atoms with Gasteiger partial charge in [0.25, 0.3) is 0 Å². The molecule has 5 rings (SSSR count). The van der Waals surface area contributed by atoms with Crippen molar-refractivity contribution in [2.24, 2.45) is 0 Å². The molecule has 2 aliphatic rings. The number of nitrogens with zero attached hydrogens (tertiary/aromatic N) is 4. The van der Waals surface area contributed by atoms with Gasteiger partial charge in [-0.3, -0.25) is 9.69 Å². The number of urea groups is 1. The number of benzene rings is 2. The van der Waals surface area contributed by atoms with Gasteiger partial charge in [0.1, 0.15) is 12.6 Å². The van der Waals surface area contributed by atoms with E-state index in [0.717, 1.165) is 23.0 Å². The van der Waals surface area contributed by atoms with Crippen molar-refractivity contribution in [2.45, 2.75) is 12.5 Å². The lowest BCUT2D eigenvalue weighted by Gasteiger charge is -2.22. The topological polar surface area (TPSA) is 66.0 Å². The molecule has 0 spiro atoms. The average molecular weight is 416 g/mol. The van der Waals surface area contributed by atoms with Gasteiger partial charge in [0, 0.05) is 43.2 Å². The first-order valence-corrected chi connectivity index (χ1v) is 10.6. The van der Waals surface area contributed by atoms with Gasteiger partial charge in [0.2, 0.25) is 11.8 Å². The smallest absolute Gasteiger partial charge is 0.325 e. The molecule has 31 heavy (non-hydrogen) atoms. The number of carbonyl (C=O) groups excluding carboxylic acids is 2. The van der Waals surface area contributed by atoms with E-state index in [1.165, 1.54) is 0 Å². The maximum Gasteiger partial charge on any atom is 0.325 e. The first-order chi connectivity index (χ1) is 15.2. The van der Waals surface area contributed by atoms with Gasteiger partial charge < -0.3 is 14.5 Å². The Morgan fingerprint density at radius 2 is 1.77 bits per heavy atom. The molecule has 0 bridgehead atoms. The number of rotatable bonds is 5. The lowest BCUT2D eigenvalue weighted by Crippen LogP contribution is -2.42. The van der Waals surface area contributed by atoms with Crippen LogP contribution in [-0.2, 0) is 4.79 Å². The van der Waals surface area contributed by atoms with Crippen LogP contribution in [-0.4, -0.2) is 65.5 Å². The SMILES string of the molecule is O=C(CN1CCN(c2ccccc2)C1=O)N1CC[C@@H](Oc2ccc3ccccc3n2)C1. The van der Waals surface area contributed by atoms with Gasteiger partial charge in [-0.1, -0.05) is 36.4 Å². The molecule has 0 N–H and O–H groups in total. The molecule has 7 nitrogen and oxygen atoms in total. The number of pyridine rings is 1. The van der Waals surface area contributed by atoms with Crippen LogP contribution in [0.5, 0.6) is 5.88 Å². The molecular formula is C24H24N4O3. The molecule has 0 aliphatic carbocycles. The van der Waals surface area contributed by atoms with Crippen LogP contribution in [0, 0.1) is 0 Å². The summed E-state index contributed by atoms with van der Waals surface area (Å²) >= 11 is 0. The predicted molar refractivity (Wildman–Crippen MR) is 118 cm³/mol. The molecule has 0 radical (unpaired) electrons. The number of ether oxygens (including phenoxy) is 1. The van der Waals surface area contributed by atoms with Crippen molar-refractivity contribution in [3.8, 4) is 5.88 Å². The Morgan fingerprint density at radius 3 is 2.65 bits per heavy atom. The van der Waals surface area contributed by atoms with Crippen LogP contribution in [0.3, 0.4) is 0 Å². The summed E-state index contributed by atoms with van der Waals surface area (Å²) in [6.07, 6.45) is 0.664. The zero-order valence-electron chi connectivity index (χ0n) is 17.2. The van der Waals surface area contributed by atoms with Crippen LogP contribution in [0.2, 0.25) is 0 Å². The average Bonchev–Trinajstić information content (AvgIpc) is 3.41. The van der Waals surface area contributed by atoms with Crippen molar-refractivity contribution >= 4 is 28.5 Å². The number of hydrogen-bond donors (Lipinski definition) is 0. The van der Waals surface area contributed by atoms with Gasteiger partial charge in [-0.05, 0) is 24.3 Å². The molecule has 3 heterocycles. The van der Waals surface area contributed by atoms with E-state index >= 15 is 0 Å². The summed E-state index contributed by atoms with van der Waals surface area (Å²) in [6.45, 7) is 2.38. The van der Waals surface area contributed by atoms with Crippen molar-refractivity contribution in [1.82, 2.24) is 14.8 Å². The van der Waals surface area contributed by atoms with E-state index in [0.29, 0.717) is 32.1 Å². The summed E-state index contributed by atoms with van der Waals surface area (Å²) in [7, 11) is 0. The van der Waals surface area contributed by atoms with Crippen molar-refractivity contribution in [3.63, 3.8) is 0 Å². The second kappa shape index (κ2) is 8.26. The molecule has 1 aromatic heterocycles. The van der Waals surface area contributed by atoms with Gasteiger partial charge in [-0.15, -0.1) is 0 Å². The van der Waals surface area contributed by atoms with E-state index in [1.807, 2.05) is 66.7 Å². The Hall–Kier alpha value is -3.61. The van der Waals surface area contributed by atoms with E-state index in [9.17, 15) is 9.59 Å².